The maximum atomic E-state index is 13.3. The van der Waals surface area contributed by atoms with Gasteiger partial charge in [-0.1, -0.05) is 67.4 Å². The van der Waals surface area contributed by atoms with Crippen LogP contribution in [0.25, 0.3) is 5.69 Å². The van der Waals surface area contributed by atoms with E-state index < -0.39 is 12.0 Å². The predicted octanol–water partition coefficient (Wildman–Crippen LogP) is 4.87. The molecule has 0 aliphatic rings. The first-order chi connectivity index (χ1) is 15.8. The molecule has 1 amide bonds. The highest BCUT2D eigenvalue weighted by Crippen LogP contribution is 2.27. The van der Waals surface area contributed by atoms with Gasteiger partial charge in [0.1, 0.15) is 11.9 Å². The van der Waals surface area contributed by atoms with Crippen LogP contribution in [0.1, 0.15) is 42.5 Å². The van der Waals surface area contributed by atoms with E-state index in [0.717, 1.165) is 47.7 Å². The van der Waals surface area contributed by atoms with Crippen LogP contribution in [0, 0.1) is 6.92 Å². The van der Waals surface area contributed by atoms with E-state index in [4.69, 9.17) is 16.6 Å². The number of amides is 1. The molecule has 0 unspecified atom stereocenters. The molecule has 1 N–H and O–H groups in total. The lowest BCUT2D eigenvalue weighted by atomic mass is 10.0. The molecule has 7 heteroatoms. The average Bonchev–Trinajstić information content (AvgIpc) is 3.11. The number of benzene rings is 2. The van der Waals surface area contributed by atoms with Gasteiger partial charge in [-0.25, -0.2) is 9.78 Å². The smallest absolute Gasteiger partial charge is 0.326 e. The molecule has 0 fully saturated rings. The van der Waals surface area contributed by atoms with Gasteiger partial charge in [0.25, 0.3) is 0 Å². The van der Waals surface area contributed by atoms with Gasteiger partial charge in [-0.05, 0) is 31.0 Å². The predicted molar refractivity (Wildman–Crippen MR) is 130 cm³/mol. The molecule has 33 heavy (non-hydrogen) atoms. The number of aryl methyl sites for hydroxylation is 2. The van der Waals surface area contributed by atoms with Gasteiger partial charge in [-0.2, -0.15) is 0 Å². The molecular formula is C26H30ClN3O3. The molecule has 3 rings (SSSR count). The van der Waals surface area contributed by atoms with Crippen LogP contribution in [0.4, 0.5) is 0 Å². The summed E-state index contributed by atoms with van der Waals surface area (Å²) in [5.41, 5.74) is 3.12. The molecule has 0 bridgehead atoms. The number of halogens is 1. The maximum Gasteiger partial charge on any atom is 0.326 e. The van der Waals surface area contributed by atoms with Crippen LogP contribution in [-0.2, 0) is 28.9 Å². The van der Waals surface area contributed by atoms with Gasteiger partial charge in [0.2, 0.25) is 5.91 Å². The van der Waals surface area contributed by atoms with Gasteiger partial charge >= 0.3 is 5.97 Å². The van der Waals surface area contributed by atoms with E-state index in [2.05, 4.69) is 6.92 Å². The summed E-state index contributed by atoms with van der Waals surface area (Å²) in [4.78, 5) is 31.3. The van der Waals surface area contributed by atoms with E-state index in [1.54, 1.807) is 7.05 Å². The zero-order chi connectivity index (χ0) is 24.0. The van der Waals surface area contributed by atoms with Crippen LogP contribution in [0.15, 0.2) is 54.6 Å². The summed E-state index contributed by atoms with van der Waals surface area (Å²) in [6.45, 7) is 4.00. The van der Waals surface area contributed by atoms with Gasteiger partial charge in [0, 0.05) is 19.9 Å². The number of hydrogen-bond acceptors (Lipinski definition) is 3. The van der Waals surface area contributed by atoms with E-state index in [1.807, 2.05) is 66.1 Å². The Labute approximate surface area is 199 Å². The largest absolute Gasteiger partial charge is 0.480 e. The van der Waals surface area contributed by atoms with Crippen LogP contribution < -0.4 is 0 Å². The van der Waals surface area contributed by atoms with Crippen molar-refractivity contribution in [2.75, 3.05) is 7.05 Å². The Kier molecular flexibility index (Phi) is 8.28. The average molecular weight is 468 g/mol. The lowest BCUT2D eigenvalue weighted by Gasteiger charge is -2.25. The third kappa shape index (κ3) is 5.82. The second kappa shape index (κ2) is 11.1. The third-order valence-corrected chi connectivity index (χ3v) is 6.15. The maximum absolute atomic E-state index is 13.3. The van der Waals surface area contributed by atoms with Crippen LogP contribution in [0.5, 0.6) is 0 Å². The Balaban J connectivity index is 1.92. The number of para-hydroxylation sites is 1. The lowest BCUT2D eigenvalue weighted by molar-refractivity contribution is -0.148. The second-order valence-electron chi connectivity index (χ2n) is 8.18. The number of likely N-dealkylation sites (N-methyl/N-ethyl adjacent to an activating group) is 1. The van der Waals surface area contributed by atoms with E-state index in [-0.39, 0.29) is 18.7 Å². The normalized spacial score (nSPS) is 11.9. The molecule has 0 spiro atoms. The Hall–Kier alpha value is -3.12. The van der Waals surface area contributed by atoms with Crippen molar-refractivity contribution in [3.05, 3.63) is 82.4 Å². The van der Waals surface area contributed by atoms with Crippen molar-refractivity contribution in [2.45, 2.75) is 52.0 Å². The third-order valence-electron chi connectivity index (χ3n) is 5.83. The van der Waals surface area contributed by atoms with Crippen molar-refractivity contribution in [2.24, 2.45) is 0 Å². The van der Waals surface area contributed by atoms with Crippen molar-refractivity contribution < 1.29 is 14.7 Å². The second-order valence-corrected chi connectivity index (χ2v) is 8.58. The van der Waals surface area contributed by atoms with E-state index in [0.29, 0.717) is 5.02 Å². The van der Waals surface area contributed by atoms with Crippen LogP contribution in [0.3, 0.4) is 0 Å². The first-order valence-electron chi connectivity index (χ1n) is 11.2. The highest BCUT2D eigenvalue weighted by Gasteiger charge is 2.29. The fraction of sp³-hybridized carbons (Fsp3) is 0.346. The van der Waals surface area contributed by atoms with Crippen LogP contribution >= 0.6 is 11.6 Å². The highest BCUT2D eigenvalue weighted by molar-refractivity contribution is 6.32. The van der Waals surface area contributed by atoms with Crippen molar-refractivity contribution >= 4 is 23.5 Å². The monoisotopic (exact) mass is 467 g/mol. The Morgan fingerprint density at radius 1 is 1.12 bits per heavy atom. The molecule has 0 saturated heterocycles. The number of aliphatic carboxylic acids is 1. The molecular weight excluding hydrogens is 438 g/mol. The van der Waals surface area contributed by atoms with E-state index >= 15 is 0 Å². The van der Waals surface area contributed by atoms with Crippen LogP contribution in [0.2, 0.25) is 5.02 Å². The quantitative estimate of drug-likeness (QED) is 0.461. The molecule has 6 nitrogen and oxygen atoms in total. The first-order valence-corrected chi connectivity index (χ1v) is 11.6. The van der Waals surface area contributed by atoms with Crippen LogP contribution in [-0.4, -0.2) is 44.5 Å². The van der Waals surface area contributed by atoms with Crippen molar-refractivity contribution in [3.63, 3.8) is 0 Å². The van der Waals surface area contributed by atoms with Gasteiger partial charge in [-0.3, -0.25) is 9.36 Å². The number of unbranched alkanes of at least 4 members (excludes halogenated alkanes) is 1. The lowest BCUT2D eigenvalue weighted by Crippen LogP contribution is -2.44. The molecule has 0 saturated carbocycles. The molecule has 0 aliphatic heterocycles. The number of imidazole rings is 1. The molecule has 3 aromatic rings. The van der Waals surface area contributed by atoms with Gasteiger partial charge in [0.05, 0.1) is 28.5 Å². The van der Waals surface area contributed by atoms with Gasteiger partial charge in [0.15, 0.2) is 0 Å². The van der Waals surface area contributed by atoms with Crippen molar-refractivity contribution in [1.82, 2.24) is 14.5 Å². The summed E-state index contributed by atoms with van der Waals surface area (Å²) in [7, 11) is 1.55. The minimum absolute atomic E-state index is 0.0330. The number of carbonyl (C=O) groups excluding carboxylic acids is 1. The number of carbonyl (C=O) groups is 2. The highest BCUT2D eigenvalue weighted by atomic mass is 35.5. The van der Waals surface area contributed by atoms with Crippen molar-refractivity contribution in [1.29, 1.82) is 0 Å². The van der Waals surface area contributed by atoms with Crippen molar-refractivity contribution in [3.8, 4) is 5.69 Å². The Bertz CT molecular complexity index is 1110. The van der Waals surface area contributed by atoms with Gasteiger partial charge < -0.3 is 10.0 Å². The molecule has 1 heterocycles. The fourth-order valence-electron chi connectivity index (χ4n) is 3.92. The zero-order valence-corrected chi connectivity index (χ0v) is 20.0. The molecule has 2 aromatic carbocycles. The number of rotatable bonds is 10. The van der Waals surface area contributed by atoms with Gasteiger partial charge in [-0.15, -0.1) is 0 Å². The molecule has 1 aromatic heterocycles. The number of carboxylic acid groups (broad SMARTS) is 1. The number of hydrogen-bond donors (Lipinski definition) is 1. The van der Waals surface area contributed by atoms with E-state index in [9.17, 15) is 14.7 Å². The standard InChI is InChI=1S/C26H30ClN3O3/c1-4-5-15-24-28-18(2)22(30(24)21-14-10-9-13-20(21)27)17-25(31)29(3)23(26(32)33)16-19-11-7-6-8-12-19/h6-14,23H,4-5,15-17H2,1-3H3,(H,32,33)/t23-/m0/s1. The molecule has 0 aliphatic carbocycles. The number of carboxylic acids is 1. The molecule has 1 atom stereocenters. The first kappa shape index (κ1) is 24.5. The summed E-state index contributed by atoms with van der Waals surface area (Å²) in [6.07, 6.45) is 3.02. The number of nitrogens with zero attached hydrogens (tertiary/aromatic N) is 3. The summed E-state index contributed by atoms with van der Waals surface area (Å²) < 4.78 is 1.96. The SMILES string of the molecule is CCCCc1nc(C)c(CC(=O)N(C)[C@@H](Cc2ccccc2)C(=O)O)n1-c1ccccc1Cl. The molecule has 0 radical (unpaired) electrons. The molecule has 174 valence electrons. The zero-order valence-electron chi connectivity index (χ0n) is 19.3. The topological polar surface area (TPSA) is 75.4 Å². The fourth-order valence-corrected chi connectivity index (χ4v) is 4.14. The Morgan fingerprint density at radius 3 is 2.42 bits per heavy atom. The minimum atomic E-state index is -1.03. The summed E-state index contributed by atoms with van der Waals surface area (Å²) in [6, 6.07) is 15.9. The Morgan fingerprint density at radius 2 is 1.79 bits per heavy atom. The summed E-state index contributed by atoms with van der Waals surface area (Å²) in [5, 5.41) is 10.4. The minimum Gasteiger partial charge on any atom is -0.480 e. The van der Waals surface area contributed by atoms with E-state index in [1.165, 1.54) is 4.90 Å². The number of aromatic nitrogens is 2. The summed E-state index contributed by atoms with van der Waals surface area (Å²) in [5.74, 6) is -0.460. The summed E-state index contributed by atoms with van der Waals surface area (Å²) >= 11 is 6.51.